The molecule has 0 N–H and O–H groups in total. The predicted molar refractivity (Wildman–Crippen MR) is 73.1 cm³/mol. The summed E-state index contributed by atoms with van der Waals surface area (Å²) in [5.41, 5.74) is 3.79. The van der Waals surface area contributed by atoms with Gasteiger partial charge in [0.2, 0.25) is 0 Å². The molecular weight excluding hydrogens is 222 g/mol. The van der Waals surface area contributed by atoms with Crippen molar-refractivity contribution in [3.8, 4) is 0 Å². The summed E-state index contributed by atoms with van der Waals surface area (Å²) < 4.78 is 0. The first kappa shape index (κ1) is 11.9. The molecule has 2 aliphatic rings. The van der Waals surface area contributed by atoms with Crippen molar-refractivity contribution >= 4 is 5.78 Å². The molecule has 2 heteroatoms. The van der Waals surface area contributed by atoms with Crippen LogP contribution in [0.3, 0.4) is 0 Å². The zero-order chi connectivity index (χ0) is 12.4. The van der Waals surface area contributed by atoms with Gasteiger partial charge in [0.25, 0.3) is 0 Å². The number of aryl methyl sites for hydroxylation is 2. The molecule has 1 aromatic rings. The van der Waals surface area contributed by atoms with Crippen molar-refractivity contribution in [2.24, 2.45) is 0 Å². The van der Waals surface area contributed by atoms with Gasteiger partial charge in [0, 0.05) is 5.56 Å². The van der Waals surface area contributed by atoms with Crippen molar-refractivity contribution < 1.29 is 4.79 Å². The highest BCUT2D eigenvalue weighted by Gasteiger charge is 2.17. The molecule has 1 fully saturated rings. The summed E-state index contributed by atoms with van der Waals surface area (Å²) in [5.74, 6) is 0.297. The molecule has 3 rings (SSSR count). The zero-order valence-corrected chi connectivity index (χ0v) is 11.0. The maximum absolute atomic E-state index is 12.2. The van der Waals surface area contributed by atoms with Crippen LogP contribution in [-0.4, -0.2) is 30.3 Å². The van der Waals surface area contributed by atoms with E-state index in [0.29, 0.717) is 12.3 Å². The van der Waals surface area contributed by atoms with Gasteiger partial charge < -0.3 is 0 Å². The van der Waals surface area contributed by atoms with Crippen molar-refractivity contribution in [1.29, 1.82) is 0 Å². The monoisotopic (exact) mass is 243 g/mol. The minimum Gasteiger partial charge on any atom is -0.296 e. The summed E-state index contributed by atoms with van der Waals surface area (Å²) in [5, 5.41) is 0. The van der Waals surface area contributed by atoms with Crippen molar-refractivity contribution in [3.05, 3.63) is 34.9 Å². The number of likely N-dealkylation sites (tertiary alicyclic amines) is 1. The Morgan fingerprint density at radius 2 is 1.72 bits per heavy atom. The molecule has 0 bridgehead atoms. The molecule has 1 heterocycles. The van der Waals surface area contributed by atoms with Crippen molar-refractivity contribution in [2.75, 3.05) is 19.6 Å². The third kappa shape index (κ3) is 2.49. The van der Waals surface area contributed by atoms with Crippen molar-refractivity contribution in [2.45, 2.75) is 38.5 Å². The van der Waals surface area contributed by atoms with Crippen LogP contribution in [0.5, 0.6) is 0 Å². The van der Waals surface area contributed by atoms with Gasteiger partial charge in [-0.15, -0.1) is 0 Å². The third-order valence-electron chi connectivity index (χ3n) is 4.24. The van der Waals surface area contributed by atoms with Crippen LogP contribution < -0.4 is 0 Å². The lowest BCUT2D eigenvalue weighted by atomic mass is 9.90. The highest BCUT2D eigenvalue weighted by atomic mass is 16.1. The van der Waals surface area contributed by atoms with Gasteiger partial charge in [-0.05, 0) is 68.8 Å². The lowest BCUT2D eigenvalue weighted by Crippen LogP contribution is -2.27. The van der Waals surface area contributed by atoms with Gasteiger partial charge in [-0.2, -0.15) is 0 Å². The first-order valence-electron chi connectivity index (χ1n) is 7.20. The summed E-state index contributed by atoms with van der Waals surface area (Å²) in [6, 6.07) is 6.35. The second-order valence-electron chi connectivity index (χ2n) is 5.60. The van der Waals surface area contributed by atoms with E-state index in [4.69, 9.17) is 0 Å². The van der Waals surface area contributed by atoms with E-state index in [1.54, 1.807) is 0 Å². The molecule has 0 unspecified atom stereocenters. The van der Waals surface area contributed by atoms with Gasteiger partial charge in [-0.1, -0.05) is 12.1 Å². The van der Waals surface area contributed by atoms with Gasteiger partial charge in [-0.25, -0.2) is 0 Å². The highest BCUT2D eigenvalue weighted by molar-refractivity contribution is 5.97. The quantitative estimate of drug-likeness (QED) is 0.761. The molecule has 0 aromatic heterocycles. The molecule has 2 nitrogen and oxygen atoms in total. The van der Waals surface area contributed by atoms with Crippen LogP contribution in [0, 0.1) is 0 Å². The molecule has 0 spiro atoms. The van der Waals surface area contributed by atoms with Gasteiger partial charge >= 0.3 is 0 Å². The van der Waals surface area contributed by atoms with Crippen molar-refractivity contribution in [1.82, 2.24) is 4.90 Å². The third-order valence-corrected chi connectivity index (χ3v) is 4.24. The Hall–Kier alpha value is -1.15. The maximum atomic E-state index is 12.2. The molecule has 0 atom stereocenters. The van der Waals surface area contributed by atoms with E-state index in [0.717, 1.165) is 25.1 Å². The smallest absolute Gasteiger partial charge is 0.176 e. The minimum absolute atomic E-state index is 0.297. The number of hydrogen-bond donors (Lipinski definition) is 0. The maximum Gasteiger partial charge on any atom is 0.176 e. The number of ketones is 1. The lowest BCUT2D eigenvalue weighted by Gasteiger charge is -2.17. The van der Waals surface area contributed by atoms with Crippen LogP contribution in [0.15, 0.2) is 18.2 Å². The van der Waals surface area contributed by atoms with Crippen LogP contribution in [0.1, 0.15) is 47.2 Å². The summed E-state index contributed by atoms with van der Waals surface area (Å²) >= 11 is 0. The van der Waals surface area contributed by atoms with Gasteiger partial charge in [0.1, 0.15) is 0 Å². The molecule has 0 saturated carbocycles. The Balaban J connectivity index is 1.73. The number of carbonyl (C=O) groups excluding carboxylic acids is 1. The Morgan fingerprint density at radius 3 is 2.50 bits per heavy atom. The molecule has 1 aliphatic carbocycles. The Bertz CT molecular complexity index is 446. The summed E-state index contributed by atoms with van der Waals surface area (Å²) in [4.78, 5) is 14.5. The molecule has 96 valence electrons. The van der Waals surface area contributed by atoms with Gasteiger partial charge in [0.15, 0.2) is 5.78 Å². The Morgan fingerprint density at radius 1 is 1.00 bits per heavy atom. The summed E-state index contributed by atoms with van der Waals surface area (Å²) in [6.45, 7) is 2.80. The first-order chi connectivity index (χ1) is 8.83. The first-order valence-corrected chi connectivity index (χ1v) is 7.20. The number of rotatable bonds is 3. The van der Waals surface area contributed by atoms with E-state index in [1.165, 1.54) is 43.2 Å². The number of carbonyl (C=O) groups is 1. The Kier molecular flexibility index (Phi) is 3.46. The summed E-state index contributed by atoms with van der Waals surface area (Å²) in [6.07, 6.45) is 7.41. The number of benzene rings is 1. The van der Waals surface area contributed by atoms with Gasteiger partial charge in [0.05, 0.1) is 6.54 Å². The van der Waals surface area contributed by atoms with E-state index >= 15 is 0 Å². The predicted octanol–water partition coefficient (Wildman–Crippen LogP) is 2.84. The lowest BCUT2D eigenvalue weighted by molar-refractivity contribution is 0.0945. The van der Waals surface area contributed by atoms with E-state index in [1.807, 2.05) is 6.07 Å². The average molecular weight is 243 g/mol. The molecular formula is C16H21NO. The van der Waals surface area contributed by atoms with Gasteiger partial charge in [-0.3, -0.25) is 9.69 Å². The second kappa shape index (κ2) is 5.23. The fourth-order valence-electron chi connectivity index (χ4n) is 3.14. The largest absolute Gasteiger partial charge is 0.296 e. The van der Waals surface area contributed by atoms with E-state index in [-0.39, 0.29) is 0 Å². The number of nitrogens with zero attached hydrogens (tertiary/aromatic N) is 1. The summed E-state index contributed by atoms with van der Waals surface area (Å²) in [7, 11) is 0. The molecule has 18 heavy (non-hydrogen) atoms. The minimum atomic E-state index is 0.297. The standard InChI is InChI=1S/C16H21NO/c18-16(12-17-9-3-4-10-17)15-8-7-13-5-1-2-6-14(13)11-15/h7-8,11H,1-6,9-10,12H2. The molecule has 1 aromatic carbocycles. The molecule has 1 saturated heterocycles. The van der Waals surface area contributed by atoms with Crippen LogP contribution >= 0.6 is 0 Å². The topological polar surface area (TPSA) is 20.3 Å². The average Bonchev–Trinajstić information content (AvgIpc) is 2.91. The SMILES string of the molecule is O=C(CN1CCCC1)c1ccc2c(c1)CCCC2. The number of hydrogen-bond acceptors (Lipinski definition) is 2. The number of Topliss-reactive ketones (excluding diaryl/α,β-unsaturated/α-hetero) is 1. The second-order valence-corrected chi connectivity index (χ2v) is 5.60. The van der Waals surface area contributed by atoms with E-state index in [2.05, 4.69) is 17.0 Å². The van der Waals surface area contributed by atoms with Crippen LogP contribution in [-0.2, 0) is 12.8 Å². The van der Waals surface area contributed by atoms with E-state index in [9.17, 15) is 4.79 Å². The Labute approximate surface area is 109 Å². The molecule has 0 amide bonds. The van der Waals surface area contributed by atoms with E-state index < -0.39 is 0 Å². The van der Waals surface area contributed by atoms with Crippen LogP contribution in [0.4, 0.5) is 0 Å². The fourth-order valence-corrected chi connectivity index (χ4v) is 3.14. The number of fused-ring (bicyclic) bond motifs is 1. The molecule has 1 aliphatic heterocycles. The van der Waals surface area contributed by atoms with Crippen LogP contribution in [0.25, 0.3) is 0 Å². The highest BCUT2D eigenvalue weighted by Crippen LogP contribution is 2.22. The normalized spacial score (nSPS) is 19.8. The van der Waals surface area contributed by atoms with Crippen LogP contribution in [0.2, 0.25) is 0 Å². The fraction of sp³-hybridized carbons (Fsp3) is 0.562. The zero-order valence-electron chi connectivity index (χ0n) is 11.0. The van der Waals surface area contributed by atoms with Crippen molar-refractivity contribution in [3.63, 3.8) is 0 Å². The molecule has 0 radical (unpaired) electrons.